The third-order valence-corrected chi connectivity index (χ3v) is 3.44. The maximum Gasteiger partial charge on any atom is 0.304 e. The van der Waals surface area contributed by atoms with Gasteiger partial charge in [-0.3, -0.25) is 14.6 Å². The number of carboxylic acids is 1. The first-order valence-electron chi connectivity index (χ1n) is 5.50. The van der Waals surface area contributed by atoms with Crippen molar-refractivity contribution in [2.45, 2.75) is 38.8 Å². The number of hydrogen-bond donors (Lipinski definition) is 1. The highest BCUT2D eigenvalue weighted by molar-refractivity contribution is 5.67. The highest BCUT2D eigenvalue weighted by atomic mass is 16.4. The zero-order chi connectivity index (χ0) is 11.6. The van der Waals surface area contributed by atoms with E-state index in [1.54, 1.807) is 0 Å². The fraction of sp³-hybridized carbons (Fsp3) is 0.909. The molecule has 88 valence electrons. The molecule has 1 aliphatic heterocycles. The molecule has 1 fully saturated rings. The molecule has 1 aliphatic rings. The number of carbonyl (C=O) groups is 1. The van der Waals surface area contributed by atoms with Gasteiger partial charge in [0.1, 0.15) is 0 Å². The van der Waals surface area contributed by atoms with Crippen LogP contribution in [0.25, 0.3) is 0 Å². The van der Waals surface area contributed by atoms with Crippen LogP contribution in [0.5, 0.6) is 0 Å². The molecule has 4 heteroatoms. The smallest absolute Gasteiger partial charge is 0.304 e. The Kier molecular flexibility index (Phi) is 3.73. The number of carboxylic acid groups (broad SMARTS) is 1. The van der Waals surface area contributed by atoms with Crippen molar-refractivity contribution in [2.75, 3.05) is 26.7 Å². The molecule has 0 aromatic carbocycles. The molecule has 4 nitrogen and oxygen atoms in total. The van der Waals surface area contributed by atoms with Crippen LogP contribution < -0.4 is 0 Å². The lowest BCUT2D eigenvalue weighted by Crippen LogP contribution is -2.59. The minimum absolute atomic E-state index is 0.135. The normalized spacial score (nSPS) is 25.1. The van der Waals surface area contributed by atoms with Crippen LogP contribution in [0.4, 0.5) is 0 Å². The molecule has 0 spiro atoms. The van der Waals surface area contributed by atoms with Crippen LogP contribution in [-0.2, 0) is 4.79 Å². The van der Waals surface area contributed by atoms with Crippen molar-refractivity contribution in [1.82, 2.24) is 9.80 Å². The molecule has 0 aliphatic carbocycles. The van der Waals surface area contributed by atoms with Crippen molar-refractivity contribution in [3.63, 3.8) is 0 Å². The largest absolute Gasteiger partial charge is 0.481 e. The van der Waals surface area contributed by atoms with E-state index in [0.717, 1.165) is 19.6 Å². The minimum atomic E-state index is -0.709. The van der Waals surface area contributed by atoms with E-state index in [0.29, 0.717) is 0 Å². The number of rotatable bonds is 3. The Balaban J connectivity index is 2.55. The van der Waals surface area contributed by atoms with E-state index in [2.05, 4.69) is 30.7 Å². The van der Waals surface area contributed by atoms with Crippen molar-refractivity contribution in [1.29, 1.82) is 0 Å². The molecule has 1 saturated heterocycles. The lowest BCUT2D eigenvalue weighted by Gasteiger charge is -2.47. The number of likely N-dealkylation sites (N-methyl/N-ethyl adjacent to an activating group) is 1. The predicted molar refractivity (Wildman–Crippen MR) is 60.0 cm³/mol. The first kappa shape index (κ1) is 12.5. The van der Waals surface area contributed by atoms with Crippen molar-refractivity contribution in [2.24, 2.45) is 0 Å². The third-order valence-electron chi connectivity index (χ3n) is 3.44. The molecule has 0 aromatic heterocycles. The monoisotopic (exact) mass is 214 g/mol. The van der Waals surface area contributed by atoms with Crippen molar-refractivity contribution in [3.05, 3.63) is 0 Å². The van der Waals surface area contributed by atoms with Crippen LogP contribution >= 0.6 is 0 Å². The van der Waals surface area contributed by atoms with Gasteiger partial charge in [-0.15, -0.1) is 0 Å². The average Bonchev–Trinajstić information content (AvgIpc) is 2.08. The second-order valence-corrected chi connectivity index (χ2v) is 5.15. The van der Waals surface area contributed by atoms with Crippen molar-refractivity contribution >= 4 is 5.97 Å². The summed E-state index contributed by atoms with van der Waals surface area (Å²) in [5.41, 5.74) is 0.144. The van der Waals surface area contributed by atoms with Gasteiger partial charge in [-0.1, -0.05) is 0 Å². The molecule has 0 amide bonds. The maximum atomic E-state index is 10.6. The van der Waals surface area contributed by atoms with Crippen LogP contribution in [0.3, 0.4) is 0 Å². The molecule has 1 N–H and O–H groups in total. The summed E-state index contributed by atoms with van der Waals surface area (Å²) in [7, 11) is 2.12. The van der Waals surface area contributed by atoms with E-state index in [9.17, 15) is 4.79 Å². The Hall–Kier alpha value is -0.610. The van der Waals surface area contributed by atoms with Gasteiger partial charge in [0.25, 0.3) is 0 Å². The van der Waals surface area contributed by atoms with Gasteiger partial charge in [-0.05, 0) is 27.8 Å². The Labute approximate surface area is 91.9 Å². The number of nitrogens with zero attached hydrogens (tertiary/aromatic N) is 2. The predicted octanol–water partition coefficient (Wildman–Crippen LogP) is 0.876. The maximum absolute atomic E-state index is 10.6. The Bertz CT molecular complexity index is 241. The van der Waals surface area contributed by atoms with Crippen LogP contribution in [0.15, 0.2) is 0 Å². The Morgan fingerprint density at radius 3 is 2.53 bits per heavy atom. The van der Waals surface area contributed by atoms with E-state index in [-0.39, 0.29) is 18.0 Å². The van der Waals surface area contributed by atoms with Crippen molar-refractivity contribution < 1.29 is 9.90 Å². The first-order chi connectivity index (χ1) is 6.83. The van der Waals surface area contributed by atoms with Crippen LogP contribution in [0.2, 0.25) is 0 Å². The summed E-state index contributed by atoms with van der Waals surface area (Å²) in [5.74, 6) is -0.709. The molecule has 15 heavy (non-hydrogen) atoms. The number of hydrogen-bond acceptors (Lipinski definition) is 3. The van der Waals surface area contributed by atoms with Crippen LogP contribution in [-0.4, -0.2) is 59.1 Å². The summed E-state index contributed by atoms with van der Waals surface area (Å²) in [6.45, 7) is 9.32. The van der Waals surface area contributed by atoms with E-state index in [1.165, 1.54) is 0 Å². The van der Waals surface area contributed by atoms with Gasteiger partial charge in [0, 0.05) is 31.2 Å². The number of aliphatic carboxylic acids is 1. The molecule has 1 atom stereocenters. The van der Waals surface area contributed by atoms with E-state index < -0.39 is 5.97 Å². The fourth-order valence-electron chi connectivity index (χ4n) is 2.04. The van der Waals surface area contributed by atoms with E-state index in [4.69, 9.17) is 5.11 Å². The molecule has 0 saturated carbocycles. The summed E-state index contributed by atoms with van der Waals surface area (Å²) in [5, 5.41) is 8.76. The summed E-state index contributed by atoms with van der Waals surface area (Å²) >= 11 is 0. The zero-order valence-corrected chi connectivity index (χ0v) is 10.2. The molecule has 1 heterocycles. The quantitative estimate of drug-likeness (QED) is 0.757. The summed E-state index contributed by atoms with van der Waals surface area (Å²) in [6.07, 6.45) is 0.236. The second-order valence-electron chi connectivity index (χ2n) is 5.15. The average molecular weight is 214 g/mol. The van der Waals surface area contributed by atoms with Gasteiger partial charge < -0.3 is 5.11 Å². The first-order valence-corrected chi connectivity index (χ1v) is 5.50. The van der Waals surface area contributed by atoms with Crippen LogP contribution in [0, 0.1) is 0 Å². The van der Waals surface area contributed by atoms with E-state index in [1.807, 2.05) is 6.92 Å². The van der Waals surface area contributed by atoms with Gasteiger partial charge >= 0.3 is 5.97 Å². The van der Waals surface area contributed by atoms with Crippen LogP contribution in [0.1, 0.15) is 27.2 Å². The SMILES string of the molecule is CC(CC(=O)O)N1CCN(C)C(C)(C)C1. The molecule has 1 unspecified atom stereocenters. The van der Waals surface area contributed by atoms with Crippen molar-refractivity contribution in [3.8, 4) is 0 Å². The van der Waals surface area contributed by atoms with Gasteiger partial charge in [-0.25, -0.2) is 0 Å². The molecule has 0 radical (unpaired) electrons. The lowest BCUT2D eigenvalue weighted by molar-refractivity contribution is -0.138. The minimum Gasteiger partial charge on any atom is -0.481 e. The number of piperazine rings is 1. The third kappa shape index (κ3) is 3.18. The Morgan fingerprint density at radius 1 is 1.47 bits per heavy atom. The fourth-order valence-corrected chi connectivity index (χ4v) is 2.04. The highest BCUT2D eigenvalue weighted by Gasteiger charge is 2.33. The van der Waals surface area contributed by atoms with Gasteiger partial charge in [0.05, 0.1) is 6.42 Å². The lowest BCUT2D eigenvalue weighted by atomic mass is 9.98. The summed E-state index contributed by atoms with van der Waals surface area (Å²) in [4.78, 5) is 15.2. The van der Waals surface area contributed by atoms with Gasteiger partial charge in [0.2, 0.25) is 0 Å². The molecule has 0 bridgehead atoms. The summed E-state index contributed by atoms with van der Waals surface area (Å²) in [6, 6.07) is 0.135. The molecular formula is C11H22N2O2. The molecule has 0 aromatic rings. The molecular weight excluding hydrogens is 192 g/mol. The zero-order valence-electron chi connectivity index (χ0n) is 10.2. The van der Waals surface area contributed by atoms with Gasteiger partial charge in [-0.2, -0.15) is 0 Å². The highest BCUT2D eigenvalue weighted by Crippen LogP contribution is 2.21. The second kappa shape index (κ2) is 4.49. The standard InChI is InChI=1S/C11H22N2O2/c1-9(7-10(14)15)13-6-5-12(4)11(2,3)8-13/h9H,5-8H2,1-4H3,(H,14,15). The van der Waals surface area contributed by atoms with E-state index >= 15 is 0 Å². The molecule has 1 rings (SSSR count). The van der Waals surface area contributed by atoms with Gasteiger partial charge in [0.15, 0.2) is 0 Å². The Morgan fingerprint density at radius 2 is 2.07 bits per heavy atom. The summed E-state index contributed by atoms with van der Waals surface area (Å²) < 4.78 is 0. The topological polar surface area (TPSA) is 43.8 Å².